The topological polar surface area (TPSA) is 29.9 Å². The number of nitrogens with one attached hydrogen (secondary N) is 1. The van der Waals surface area contributed by atoms with Gasteiger partial charge in [-0.1, -0.05) is 32.0 Å². The number of nitrogens with zero attached hydrogens (tertiary/aromatic N) is 2. The van der Waals surface area contributed by atoms with Gasteiger partial charge in [-0.3, -0.25) is 4.68 Å². The molecule has 0 aliphatic heterocycles. The van der Waals surface area contributed by atoms with E-state index in [1.54, 1.807) is 0 Å². The molecule has 1 heterocycles. The zero-order chi connectivity index (χ0) is 12.5. The highest BCUT2D eigenvalue weighted by molar-refractivity contribution is 5.81. The Morgan fingerprint density at radius 3 is 2.71 bits per heavy atom. The summed E-state index contributed by atoms with van der Waals surface area (Å²) in [5.74, 6) is 0. The van der Waals surface area contributed by atoms with Crippen LogP contribution in [0, 0.1) is 5.41 Å². The number of para-hydroxylation sites is 1. The molecule has 0 saturated heterocycles. The number of rotatable bonds is 4. The van der Waals surface area contributed by atoms with E-state index in [1.807, 2.05) is 18.8 Å². The Morgan fingerprint density at radius 2 is 2.00 bits per heavy atom. The Hall–Kier alpha value is -1.35. The van der Waals surface area contributed by atoms with Gasteiger partial charge in [0, 0.05) is 19.0 Å². The molecule has 0 aliphatic carbocycles. The number of aryl methyl sites for hydroxylation is 1. The maximum Gasteiger partial charge on any atom is 0.0709 e. The highest BCUT2D eigenvalue weighted by Crippen LogP contribution is 2.25. The van der Waals surface area contributed by atoms with Gasteiger partial charge >= 0.3 is 0 Å². The smallest absolute Gasteiger partial charge is 0.0709 e. The molecule has 17 heavy (non-hydrogen) atoms. The minimum absolute atomic E-state index is 0.228. The first-order chi connectivity index (χ1) is 8.03. The Bertz CT molecular complexity index is 511. The molecule has 0 unspecified atom stereocenters. The molecule has 3 nitrogen and oxygen atoms in total. The van der Waals surface area contributed by atoms with Gasteiger partial charge in [-0.25, -0.2) is 0 Å². The van der Waals surface area contributed by atoms with Gasteiger partial charge in [-0.15, -0.1) is 0 Å². The van der Waals surface area contributed by atoms with Crippen molar-refractivity contribution in [2.45, 2.75) is 20.3 Å². The third-order valence-corrected chi connectivity index (χ3v) is 3.14. The number of hydrogen-bond donors (Lipinski definition) is 1. The number of aromatic nitrogens is 2. The van der Waals surface area contributed by atoms with E-state index in [0.29, 0.717) is 0 Å². The molecule has 2 aromatic rings. The molecule has 1 N–H and O–H groups in total. The average molecular weight is 231 g/mol. The lowest BCUT2D eigenvalue weighted by Crippen LogP contribution is -2.28. The molecule has 2 rings (SSSR count). The van der Waals surface area contributed by atoms with E-state index in [1.165, 1.54) is 16.6 Å². The Balaban J connectivity index is 2.36. The van der Waals surface area contributed by atoms with E-state index in [-0.39, 0.29) is 5.41 Å². The number of fused-ring (bicyclic) bond motifs is 1. The van der Waals surface area contributed by atoms with E-state index in [0.717, 1.165) is 13.0 Å². The summed E-state index contributed by atoms with van der Waals surface area (Å²) in [6, 6.07) is 8.43. The molecule has 0 radical (unpaired) electrons. The average Bonchev–Trinajstić information content (AvgIpc) is 2.56. The van der Waals surface area contributed by atoms with Crippen LogP contribution < -0.4 is 5.32 Å². The minimum Gasteiger partial charge on any atom is -0.319 e. The second kappa shape index (κ2) is 4.49. The van der Waals surface area contributed by atoms with Crippen LogP contribution in [0.1, 0.15) is 19.5 Å². The van der Waals surface area contributed by atoms with Crippen LogP contribution in [0.15, 0.2) is 24.3 Å². The van der Waals surface area contributed by atoms with Gasteiger partial charge < -0.3 is 5.32 Å². The quantitative estimate of drug-likeness (QED) is 0.875. The maximum absolute atomic E-state index is 4.65. The van der Waals surface area contributed by atoms with E-state index in [9.17, 15) is 0 Å². The van der Waals surface area contributed by atoms with E-state index in [2.05, 4.69) is 48.5 Å². The Kier molecular flexibility index (Phi) is 3.20. The lowest BCUT2D eigenvalue weighted by atomic mass is 9.87. The molecule has 0 amide bonds. The fourth-order valence-electron chi connectivity index (χ4n) is 2.41. The first-order valence-corrected chi connectivity index (χ1v) is 6.09. The molecule has 1 aromatic carbocycles. The monoisotopic (exact) mass is 231 g/mol. The van der Waals surface area contributed by atoms with Crippen LogP contribution in [0.3, 0.4) is 0 Å². The fourth-order valence-corrected chi connectivity index (χ4v) is 2.41. The summed E-state index contributed by atoms with van der Waals surface area (Å²) < 4.78 is 1.97. The van der Waals surface area contributed by atoms with E-state index in [4.69, 9.17) is 0 Å². The Morgan fingerprint density at radius 1 is 1.29 bits per heavy atom. The van der Waals surface area contributed by atoms with Crippen LogP contribution in [0.2, 0.25) is 0 Å². The largest absolute Gasteiger partial charge is 0.319 e. The maximum atomic E-state index is 4.65. The Labute approximate surface area is 103 Å². The van der Waals surface area contributed by atoms with Crippen molar-refractivity contribution >= 4 is 10.9 Å². The zero-order valence-electron chi connectivity index (χ0n) is 11.1. The van der Waals surface area contributed by atoms with Crippen LogP contribution in [-0.2, 0) is 13.5 Å². The molecule has 3 heteroatoms. The van der Waals surface area contributed by atoms with Crippen LogP contribution in [-0.4, -0.2) is 23.4 Å². The first kappa shape index (κ1) is 12.1. The van der Waals surface area contributed by atoms with Crippen LogP contribution >= 0.6 is 0 Å². The SMILES string of the molecule is CNCC(C)(C)Cc1nn(C)c2ccccc12. The van der Waals surface area contributed by atoms with Crippen LogP contribution in [0.25, 0.3) is 10.9 Å². The minimum atomic E-state index is 0.228. The van der Waals surface area contributed by atoms with Gasteiger partial charge in [-0.05, 0) is 24.9 Å². The molecule has 0 aliphatic rings. The summed E-state index contributed by atoms with van der Waals surface area (Å²) >= 11 is 0. The van der Waals surface area contributed by atoms with Gasteiger partial charge in [-0.2, -0.15) is 5.10 Å². The molecular formula is C14H21N3. The van der Waals surface area contributed by atoms with Gasteiger partial charge in [0.1, 0.15) is 0 Å². The lowest BCUT2D eigenvalue weighted by Gasteiger charge is -2.23. The van der Waals surface area contributed by atoms with Gasteiger partial charge in [0.15, 0.2) is 0 Å². The summed E-state index contributed by atoms with van der Waals surface area (Å²) in [6.07, 6.45) is 0.995. The molecule has 0 saturated carbocycles. The predicted molar refractivity (Wildman–Crippen MR) is 72.1 cm³/mol. The fraction of sp³-hybridized carbons (Fsp3) is 0.500. The summed E-state index contributed by atoms with van der Waals surface area (Å²) in [7, 11) is 4.01. The molecule has 0 spiro atoms. The zero-order valence-corrected chi connectivity index (χ0v) is 11.1. The molecule has 0 fully saturated rings. The highest BCUT2D eigenvalue weighted by Gasteiger charge is 2.21. The summed E-state index contributed by atoms with van der Waals surface area (Å²) in [6.45, 7) is 5.54. The second-order valence-electron chi connectivity index (χ2n) is 5.46. The molecular weight excluding hydrogens is 210 g/mol. The summed E-state index contributed by atoms with van der Waals surface area (Å²) in [4.78, 5) is 0. The van der Waals surface area contributed by atoms with Gasteiger partial charge in [0.25, 0.3) is 0 Å². The van der Waals surface area contributed by atoms with Crippen molar-refractivity contribution in [3.05, 3.63) is 30.0 Å². The van der Waals surface area contributed by atoms with Crippen molar-refractivity contribution in [2.75, 3.05) is 13.6 Å². The van der Waals surface area contributed by atoms with Crippen molar-refractivity contribution in [1.82, 2.24) is 15.1 Å². The van der Waals surface area contributed by atoms with Crippen molar-refractivity contribution < 1.29 is 0 Å². The lowest BCUT2D eigenvalue weighted by molar-refractivity contribution is 0.346. The van der Waals surface area contributed by atoms with Crippen molar-refractivity contribution in [3.8, 4) is 0 Å². The predicted octanol–water partition coefficient (Wildman–Crippen LogP) is 2.36. The van der Waals surface area contributed by atoms with E-state index >= 15 is 0 Å². The van der Waals surface area contributed by atoms with Crippen molar-refractivity contribution in [1.29, 1.82) is 0 Å². The van der Waals surface area contributed by atoms with Crippen molar-refractivity contribution in [3.63, 3.8) is 0 Å². The molecule has 1 aromatic heterocycles. The molecule has 0 bridgehead atoms. The third-order valence-electron chi connectivity index (χ3n) is 3.14. The molecule has 0 atom stereocenters. The van der Waals surface area contributed by atoms with Crippen LogP contribution in [0.4, 0.5) is 0 Å². The number of benzene rings is 1. The van der Waals surface area contributed by atoms with Gasteiger partial charge in [0.2, 0.25) is 0 Å². The first-order valence-electron chi connectivity index (χ1n) is 6.09. The van der Waals surface area contributed by atoms with Crippen molar-refractivity contribution in [2.24, 2.45) is 12.5 Å². The van der Waals surface area contributed by atoms with Gasteiger partial charge in [0.05, 0.1) is 11.2 Å². The van der Waals surface area contributed by atoms with E-state index < -0.39 is 0 Å². The third kappa shape index (κ3) is 2.50. The molecule has 92 valence electrons. The van der Waals surface area contributed by atoms with Crippen LogP contribution in [0.5, 0.6) is 0 Å². The normalized spacial score (nSPS) is 12.2. The summed E-state index contributed by atoms with van der Waals surface area (Å²) in [5.41, 5.74) is 2.64. The highest BCUT2D eigenvalue weighted by atomic mass is 15.3. The second-order valence-corrected chi connectivity index (χ2v) is 5.46. The summed E-state index contributed by atoms with van der Waals surface area (Å²) in [5, 5.41) is 9.17. The number of hydrogen-bond acceptors (Lipinski definition) is 2. The standard InChI is InChI=1S/C14H21N3/c1-14(2,10-15-3)9-12-11-7-5-6-8-13(11)17(4)16-12/h5-8,15H,9-10H2,1-4H3.